The minimum Gasteiger partial charge on any atom is -0.453 e. The highest BCUT2D eigenvalue weighted by Crippen LogP contribution is 2.40. The summed E-state index contributed by atoms with van der Waals surface area (Å²) in [6, 6.07) is 16.9. The van der Waals surface area contributed by atoms with Crippen LogP contribution in [0.3, 0.4) is 0 Å². The molecule has 3 aromatic rings. The van der Waals surface area contributed by atoms with E-state index >= 15 is 0 Å². The fourth-order valence-corrected chi connectivity index (χ4v) is 4.42. The molecule has 0 saturated carbocycles. The van der Waals surface area contributed by atoms with Crippen LogP contribution in [0, 0.1) is 29.2 Å². The third kappa shape index (κ3) is 5.73. The zero-order valence-electron chi connectivity index (χ0n) is 20.3. The summed E-state index contributed by atoms with van der Waals surface area (Å²) >= 11 is 0. The SMILES string of the molecule is CCC(=O)OC(Cc1c(F)c(F)cc(F)c1F)(c1ccc(-c2ccccc2)cc1)[C@@H](C)C[NH+](C)C. The van der Waals surface area contributed by atoms with Crippen LogP contribution >= 0.6 is 0 Å². The van der Waals surface area contributed by atoms with Crippen molar-refractivity contribution in [1.82, 2.24) is 0 Å². The predicted octanol–water partition coefficient (Wildman–Crippen LogP) is 5.08. The van der Waals surface area contributed by atoms with Gasteiger partial charge in [-0.15, -0.1) is 0 Å². The van der Waals surface area contributed by atoms with Gasteiger partial charge in [-0.2, -0.15) is 0 Å². The molecule has 3 aromatic carbocycles. The van der Waals surface area contributed by atoms with E-state index in [1.54, 1.807) is 26.0 Å². The Balaban J connectivity index is 2.21. The van der Waals surface area contributed by atoms with E-state index in [9.17, 15) is 22.4 Å². The second-order valence-electron chi connectivity index (χ2n) is 9.10. The number of quaternary nitrogens is 1. The van der Waals surface area contributed by atoms with Gasteiger partial charge >= 0.3 is 5.97 Å². The molecule has 3 rings (SSSR count). The number of carbonyl (C=O) groups is 1. The summed E-state index contributed by atoms with van der Waals surface area (Å²) in [5.74, 6) is -7.04. The summed E-state index contributed by atoms with van der Waals surface area (Å²) in [6.07, 6.45) is -0.544. The largest absolute Gasteiger partial charge is 0.453 e. The average molecular weight is 489 g/mol. The van der Waals surface area contributed by atoms with Crippen LogP contribution in [-0.4, -0.2) is 26.6 Å². The highest BCUT2D eigenvalue weighted by Gasteiger charge is 2.45. The molecule has 186 valence electrons. The quantitative estimate of drug-likeness (QED) is 0.259. The van der Waals surface area contributed by atoms with Crippen molar-refractivity contribution in [3.63, 3.8) is 0 Å². The van der Waals surface area contributed by atoms with Crippen LogP contribution < -0.4 is 4.90 Å². The monoisotopic (exact) mass is 488 g/mol. The molecular formula is C28H30F4NO2+. The first-order chi connectivity index (χ1) is 16.6. The van der Waals surface area contributed by atoms with E-state index in [1.165, 1.54) is 0 Å². The van der Waals surface area contributed by atoms with Crippen molar-refractivity contribution in [1.29, 1.82) is 0 Å². The molecule has 2 atom stereocenters. The zero-order chi connectivity index (χ0) is 25.8. The summed E-state index contributed by atoms with van der Waals surface area (Å²) in [7, 11) is 3.79. The van der Waals surface area contributed by atoms with Gasteiger partial charge < -0.3 is 9.64 Å². The fraction of sp³-hybridized carbons (Fsp3) is 0.321. The average Bonchev–Trinajstić information content (AvgIpc) is 2.84. The van der Waals surface area contributed by atoms with E-state index < -0.39 is 52.7 Å². The lowest BCUT2D eigenvalue weighted by molar-refractivity contribution is -0.863. The number of benzene rings is 3. The molecule has 0 spiro atoms. The molecule has 3 nitrogen and oxygen atoms in total. The summed E-state index contributed by atoms with van der Waals surface area (Å²) in [4.78, 5) is 13.6. The summed E-state index contributed by atoms with van der Waals surface area (Å²) in [6.45, 7) is 3.86. The van der Waals surface area contributed by atoms with Crippen molar-refractivity contribution >= 4 is 5.97 Å². The van der Waals surface area contributed by atoms with Gasteiger partial charge in [-0.3, -0.25) is 4.79 Å². The molecule has 7 heteroatoms. The molecule has 0 aliphatic carbocycles. The van der Waals surface area contributed by atoms with Gasteiger partial charge in [0.2, 0.25) is 0 Å². The summed E-state index contributed by atoms with van der Waals surface area (Å²) < 4.78 is 63.7. The smallest absolute Gasteiger partial charge is 0.306 e. The Morgan fingerprint density at radius 1 is 0.914 bits per heavy atom. The van der Waals surface area contributed by atoms with Gasteiger partial charge in [0.1, 0.15) is 5.60 Å². The second-order valence-corrected chi connectivity index (χ2v) is 9.10. The Morgan fingerprint density at radius 2 is 1.46 bits per heavy atom. The van der Waals surface area contributed by atoms with E-state index in [0.717, 1.165) is 16.0 Å². The number of esters is 1. The predicted molar refractivity (Wildman–Crippen MR) is 127 cm³/mol. The molecule has 0 fully saturated rings. The second kappa shape index (κ2) is 11.0. The van der Waals surface area contributed by atoms with Crippen molar-refractivity contribution in [2.45, 2.75) is 32.3 Å². The first-order valence-electron chi connectivity index (χ1n) is 11.6. The minimum absolute atomic E-state index is 0.0217. The van der Waals surface area contributed by atoms with Gasteiger partial charge in [0.05, 0.1) is 20.6 Å². The Morgan fingerprint density at radius 3 is 1.97 bits per heavy atom. The Kier molecular flexibility index (Phi) is 8.33. The molecule has 0 aliphatic rings. The third-order valence-corrected chi connectivity index (χ3v) is 6.22. The first kappa shape index (κ1) is 26.4. The molecule has 1 N–H and O–H groups in total. The number of hydrogen-bond acceptors (Lipinski definition) is 2. The lowest BCUT2D eigenvalue weighted by Crippen LogP contribution is -3.06. The number of nitrogens with one attached hydrogen (secondary N) is 1. The topological polar surface area (TPSA) is 30.7 Å². The van der Waals surface area contributed by atoms with E-state index in [0.29, 0.717) is 12.1 Å². The number of rotatable bonds is 9. The Labute approximate surface area is 203 Å². The number of halogens is 4. The van der Waals surface area contributed by atoms with E-state index in [4.69, 9.17) is 4.74 Å². The molecule has 0 radical (unpaired) electrons. The van der Waals surface area contributed by atoms with Crippen molar-refractivity contribution in [3.8, 4) is 11.1 Å². The Hall–Kier alpha value is -3.19. The van der Waals surface area contributed by atoms with Gasteiger partial charge in [-0.25, -0.2) is 17.6 Å². The molecule has 0 aromatic heterocycles. The van der Waals surface area contributed by atoms with Crippen molar-refractivity contribution in [2.24, 2.45) is 5.92 Å². The molecule has 0 aliphatic heterocycles. The third-order valence-electron chi connectivity index (χ3n) is 6.22. The van der Waals surface area contributed by atoms with Crippen LogP contribution in [-0.2, 0) is 21.6 Å². The van der Waals surface area contributed by atoms with Crippen LogP contribution in [0.25, 0.3) is 11.1 Å². The van der Waals surface area contributed by atoms with E-state index in [1.807, 2.05) is 56.6 Å². The van der Waals surface area contributed by atoms with Gasteiger partial charge in [-0.1, -0.05) is 68.4 Å². The maximum absolute atomic E-state index is 14.8. The molecular weight excluding hydrogens is 458 g/mol. The molecule has 0 amide bonds. The van der Waals surface area contributed by atoms with Crippen LogP contribution in [0.15, 0.2) is 60.7 Å². The number of hydrogen-bond donors (Lipinski definition) is 1. The standard InChI is InChI=1S/C28H29F4NO2/c1-5-25(34)35-28(18(2)17-33(3)4,16-22-26(31)23(29)15-24(30)27(22)32)21-13-11-20(12-14-21)19-9-7-6-8-10-19/h6-15,18H,5,16-17H2,1-4H3/p+1/t18-,28?/m0/s1. The van der Waals surface area contributed by atoms with Crippen LogP contribution in [0.2, 0.25) is 0 Å². The highest BCUT2D eigenvalue weighted by molar-refractivity contribution is 5.70. The fourth-order valence-electron chi connectivity index (χ4n) is 4.42. The molecule has 0 saturated heterocycles. The van der Waals surface area contributed by atoms with Crippen molar-refractivity contribution in [2.75, 3.05) is 20.6 Å². The maximum Gasteiger partial charge on any atom is 0.306 e. The van der Waals surface area contributed by atoms with Crippen molar-refractivity contribution < 1.29 is 32.0 Å². The van der Waals surface area contributed by atoms with Gasteiger partial charge in [0.15, 0.2) is 23.3 Å². The zero-order valence-corrected chi connectivity index (χ0v) is 20.3. The highest BCUT2D eigenvalue weighted by atomic mass is 19.2. The van der Waals surface area contributed by atoms with Crippen LogP contribution in [0.5, 0.6) is 0 Å². The molecule has 1 unspecified atom stereocenters. The maximum atomic E-state index is 14.8. The lowest BCUT2D eigenvalue weighted by atomic mass is 9.76. The minimum atomic E-state index is -1.57. The van der Waals surface area contributed by atoms with E-state index in [2.05, 4.69) is 0 Å². The van der Waals surface area contributed by atoms with Crippen LogP contribution in [0.4, 0.5) is 17.6 Å². The van der Waals surface area contributed by atoms with Gasteiger partial charge in [0, 0.05) is 30.4 Å². The summed E-state index contributed by atoms with van der Waals surface area (Å²) in [5.41, 5.74) is -0.0210. The van der Waals surface area contributed by atoms with E-state index in [-0.39, 0.29) is 12.5 Å². The van der Waals surface area contributed by atoms with Crippen molar-refractivity contribution in [3.05, 3.63) is 95.1 Å². The molecule has 0 bridgehead atoms. The van der Waals surface area contributed by atoms with Gasteiger partial charge in [-0.05, 0) is 16.7 Å². The number of carbonyl (C=O) groups excluding carboxylic acids is 1. The lowest BCUT2D eigenvalue weighted by Gasteiger charge is -2.39. The summed E-state index contributed by atoms with van der Waals surface area (Å²) in [5, 5.41) is 0. The molecule has 0 heterocycles. The van der Waals surface area contributed by atoms with Gasteiger partial charge in [0.25, 0.3) is 0 Å². The Bertz CT molecular complexity index is 1140. The first-order valence-corrected chi connectivity index (χ1v) is 11.6. The van der Waals surface area contributed by atoms with Crippen LogP contribution in [0.1, 0.15) is 31.4 Å². The normalized spacial score (nSPS) is 14.0. The molecule has 35 heavy (non-hydrogen) atoms. The number of ether oxygens (including phenoxy) is 1.